The number of amides is 1. The zero-order valence-corrected chi connectivity index (χ0v) is 19.6. The molecule has 30 heavy (non-hydrogen) atoms. The molecule has 3 nitrogen and oxygen atoms in total. The third-order valence-electron chi connectivity index (χ3n) is 4.47. The van der Waals surface area contributed by atoms with Gasteiger partial charge in [-0.05, 0) is 64.2 Å². The minimum absolute atomic E-state index is 0.0248. The van der Waals surface area contributed by atoms with Crippen LogP contribution in [0, 0.1) is 5.92 Å². The zero-order chi connectivity index (χ0) is 22.5. The highest BCUT2D eigenvalue weighted by Crippen LogP contribution is 2.07. The van der Waals surface area contributed by atoms with Crippen molar-refractivity contribution in [3.63, 3.8) is 0 Å². The Morgan fingerprint density at radius 2 is 1.23 bits per heavy atom. The number of Topliss-reactive ketones (excluding diaryl/α,β-unsaturated/α-hetero) is 1. The molecule has 0 aromatic heterocycles. The van der Waals surface area contributed by atoms with E-state index >= 15 is 0 Å². The van der Waals surface area contributed by atoms with Gasteiger partial charge in [0.1, 0.15) is 0 Å². The molecule has 0 fully saturated rings. The number of rotatable bonds is 17. The van der Waals surface area contributed by atoms with E-state index in [1.165, 1.54) is 0 Å². The minimum atomic E-state index is -0.341. The van der Waals surface area contributed by atoms with Crippen LogP contribution in [0.25, 0.3) is 0 Å². The third kappa shape index (κ3) is 19.2. The highest BCUT2D eigenvalue weighted by atomic mass is 16.2. The van der Waals surface area contributed by atoms with Gasteiger partial charge in [0.15, 0.2) is 5.78 Å². The predicted octanol–water partition coefficient (Wildman–Crippen LogP) is 7.03. The molecular formula is C27H43NO2. The summed E-state index contributed by atoms with van der Waals surface area (Å²) in [5.74, 6) is 0.401. The smallest absolute Gasteiger partial charge is 0.220 e. The average molecular weight is 414 g/mol. The molecule has 168 valence electrons. The lowest BCUT2D eigenvalue weighted by Crippen LogP contribution is -2.40. The molecule has 0 spiro atoms. The molecule has 1 atom stereocenters. The zero-order valence-electron chi connectivity index (χ0n) is 19.6. The lowest BCUT2D eigenvalue weighted by Gasteiger charge is -2.17. The second-order valence-corrected chi connectivity index (χ2v) is 7.96. The quantitative estimate of drug-likeness (QED) is 0.205. The van der Waals surface area contributed by atoms with E-state index in [0.29, 0.717) is 18.8 Å². The number of carbonyl (C=O) groups is 2. The van der Waals surface area contributed by atoms with Crippen molar-refractivity contribution in [2.75, 3.05) is 0 Å². The molecule has 0 aromatic rings. The molecule has 1 amide bonds. The normalized spacial score (nSPS) is 13.6. The van der Waals surface area contributed by atoms with E-state index in [1.54, 1.807) is 6.92 Å². The Balaban J connectivity index is 3.76. The molecule has 0 aromatic carbocycles. The summed E-state index contributed by atoms with van der Waals surface area (Å²) in [5.41, 5.74) is 0. The fraction of sp³-hybridized carbons (Fsp3) is 0.556. The summed E-state index contributed by atoms with van der Waals surface area (Å²) in [7, 11) is 0. The summed E-state index contributed by atoms with van der Waals surface area (Å²) >= 11 is 0. The highest BCUT2D eigenvalue weighted by Gasteiger charge is 2.17. The molecule has 1 unspecified atom stereocenters. The lowest BCUT2D eigenvalue weighted by molar-refractivity contribution is -0.127. The van der Waals surface area contributed by atoms with E-state index in [2.05, 4.69) is 86.8 Å². The Hall–Kier alpha value is -2.16. The summed E-state index contributed by atoms with van der Waals surface area (Å²) in [6, 6.07) is -0.341. The molecule has 1 N–H and O–H groups in total. The van der Waals surface area contributed by atoms with Crippen molar-refractivity contribution < 1.29 is 9.59 Å². The molecule has 0 aliphatic rings. The number of allylic oxidation sites excluding steroid dienone is 10. The first kappa shape index (κ1) is 27.8. The Labute approximate surface area is 185 Å². The van der Waals surface area contributed by atoms with Gasteiger partial charge in [0.05, 0.1) is 6.04 Å². The monoisotopic (exact) mass is 413 g/mol. The SMILES string of the molecule is CC/C=C\C/C=C\C/C=C\C/C=C\C/C=C\CCCC(=O)NC(CC(C)C)C(C)=O. The lowest BCUT2D eigenvalue weighted by atomic mass is 10.0. The van der Waals surface area contributed by atoms with Crippen molar-refractivity contribution in [1.82, 2.24) is 5.32 Å². The number of hydrogen-bond acceptors (Lipinski definition) is 2. The van der Waals surface area contributed by atoms with E-state index in [0.717, 1.165) is 44.9 Å². The molecule has 0 saturated carbocycles. The van der Waals surface area contributed by atoms with Crippen molar-refractivity contribution in [1.29, 1.82) is 0 Å². The number of hydrogen-bond donors (Lipinski definition) is 1. The molecule has 0 radical (unpaired) electrons. The van der Waals surface area contributed by atoms with Gasteiger partial charge < -0.3 is 5.32 Å². The van der Waals surface area contributed by atoms with Crippen molar-refractivity contribution in [3.05, 3.63) is 60.8 Å². The van der Waals surface area contributed by atoms with Gasteiger partial charge in [-0.3, -0.25) is 9.59 Å². The molecular weight excluding hydrogens is 370 g/mol. The van der Waals surface area contributed by atoms with Crippen LogP contribution < -0.4 is 5.32 Å². The number of carbonyl (C=O) groups excluding carboxylic acids is 2. The molecule has 3 heteroatoms. The largest absolute Gasteiger partial charge is 0.346 e. The van der Waals surface area contributed by atoms with Gasteiger partial charge >= 0.3 is 0 Å². The van der Waals surface area contributed by atoms with Crippen LogP contribution in [0.2, 0.25) is 0 Å². The van der Waals surface area contributed by atoms with E-state index in [9.17, 15) is 9.59 Å². The maximum Gasteiger partial charge on any atom is 0.220 e. The first-order valence-electron chi connectivity index (χ1n) is 11.5. The average Bonchev–Trinajstić information content (AvgIpc) is 2.69. The summed E-state index contributed by atoms with van der Waals surface area (Å²) in [5, 5.41) is 2.87. The first-order valence-corrected chi connectivity index (χ1v) is 11.5. The fourth-order valence-electron chi connectivity index (χ4n) is 2.81. The van der Waals surface area contributed by atoms with Gasteiger partial charge in [0.25, 0.3) is 0 Å². The number of unbranched alkanes of at least 4 members (excludes halogenated alkanes) is 1. The summed E-state index contributed by atoms with van der Waals surface area (Å²) in [4.78, 5) is 23.6. The standard InChI is InChI=1S/C27H43NO2/c1-5-6-7-8-9-10-11-12-13-14-15-16-17-18-19-20-21-22-27(30)28-26(25(4)29)23-24(2)3/h6-7,9-10,12-13,15-16,18-19,24,26H,5,8,11,14,17,20-23H2,1-4H3,(H,28,30)/b7-6-,10-9-,13-12-,16-15-,19-18-. The first-order chi connectivity index (χ1) is 14.5. The van der Waals surface area contributed by atoms with Crippen LogP contribution in [-0.2, 0) is 9.59 Å². The number of ketones is 1. The molecule has 0 bridgehead atoms. The van der Waals surface area contributed by atoms with E-state index in [4.69, 9.17) is 0 Å². The van der Waals surface area contributed by atoms with Crippen LogP contribution in [0.3, 0.4) is 0 Å². The van der Waals surface area contributed by atoms with Gasteiger partial charge in [0, 0.05) is 6.42 Å². The topological polar surface area (TPSA) is 46.2 Å². The summed E-state index contributed by atoms with van der Waals surface area (Å²) in [6.07, 6.45) is 29.7. The van der Waals surface area contributed by atoms with Crippen LogP contribution in [0.15, 0.2) is 60.8 Å². The third-order valence-corrected chi connectivity index (χ3v) is 4.47. The van der Waals surface area contributed by atoms with Crippen LogP contribution >= 0.6 is 0 Å². The van der Waals surface area contributed by atoms with E-state index < -0.39 is 0 Å². The number of nitrogens with one attached hydrogen (secondary N) is 1. The van der Waals surface area contributed by atoms with Crippen LogP contribution in [-0.4, -0.2) is 17.7 Å². The van der Waals surface area contributed by atoms with Crippen molar-refractivity contribution in [3.8, 4) is 0 Å². The van der Waals surface area contributed by atoms with Gasteiger partial charge in [0.2, 0.25) is 5.91 Å². The second-order valence-electron chi connectivity index (χ2n) is 7.96. The predicted molar refractivity (Wildman–Crippen MR) is 130 cm³/mol. The van der Waals surface area contributed by atoms with Gasteiger partial charge in [-0.1, -0.05) is 81.5 Å². The van der Waals surface area contributed by atoms with Crippen molar-refractivity contribution in [2.45, 2.75) is 91.5 Å². The van der Waals surface area contributed by atoms with Crippen molar-refractivity contribution in [2.24, 2.45) is 5.92 Å². The van der Waals surface area contributed by atoms with Crippen LogP contribution in [0.1, 0.15) is 85.5 Å². The molecule has 0 aliphatic carbocycles. The summed E-state index contributed by atoms with van der Waals surface area (Å²) < 4.78 is 0. The van der Waals surface area contributed by atoms with Gasteiger partial charge in [-0.15, -0.1) is 0 Å². The Morgan fingerprint density at radius 3 is 1.67 bits per heavy atom. The minimum Gasteiger partial charge on any atom is -0.346 e. The Bertz CT molecular complexity index is 594. The Kier molecular flexibility index (Phi) is 18.7. The second kappa shape index (κ2) is 20.1. The van der Waals surface area contributed by atoms with Crippen molar-refractivity contribution >= 4 is 11.7 Å². The summed E-state index contributed by atoms with van der Waals surface area (Å²) in [6.45, 7) is 7.81. The highest BCUT2D eigenvalue weighted by molar-refractivity contribution is 5.87. The van der Waals surface area contributed by atoms with E-state index in [1.807, 2.05) is 0 Å². The molecule has 0 saturated heterocycles. The molecule has 0 rings (SSSR count). The Morgan fingerprint density at radius 1 is 0.767 bits per heavy atom. The maximum atomic E-state index is 12.0. The van der Waals surface area contributed by atoms with E-state index in [-0.39, 0.29) is 17.7 Å². The molecule has 0 aliphatic heterocycles. The maximum absolute atomic E-state index is 12.0. The molecule has 0 heterocycles. The van der Waals surface area contributed by atoms with Crippen LogP contribution in [0.5, 0.6) is 0 Å². The van der Waals surface area contributed by atoms with Gasteiger partial charge in [-0.2, -0.15) is 0 Å². The van der Waals surface area contributed by atoms with Gasteiger partial charge in [-0.25, -0.2) is 0 Å². The van der Waals surface area contributed by atoms with Crippen LogP contribution in [0.4, 0.5) is 0 Å². The fourth-order valence-corrected chi connectivity index (χ4v) is 2.81.